The average Bonchev–Trinajstić information content (AvgIpc) is 1.62. The molecule has 15 heteroatoms. The molecule has 0 atom stereocenters. The first-order chi connectivity index (χ1) is 52.2. The summed E-state index contributed by atoms with van der Waals surface area (Å²) in [7, 11) is 0. The van der Waals surface area contributed by atoms with Crippen molar-refractivity contribution in [3.8, 4) is 39.6 Å². The second-order valence-electron chi connectivity index (χ2n) is 25.1. The molecule has 0 bridgehead atoms. The summed E-state index contributed by atoms with van der Waals surface area (Å²) in [6.45, 7) is 0. The zero-order chi connectivity index (χ0) is 71.6. The van der Waals surface area contributed by atoms with Crippen molar-refractivity contribution in [2.75, 3.05) is 0 Å². The maximum atomic E-state index is 4.65. The molecule has 21 rings (SSSR count). The predicted molar refractivity (Wildman–Crippen MR) is 457 cm³/mol. The molecule has 0 aliphatic rings. The fourth-order valence-corrected chi connectivity index (χ4v) is 16.5. The van der Waals surface area contributed by atoms with E-state index in [4.69, 9.17) is 0 Å². The summed E-state index contributed by atoms with van der Waals surface area (Å²) in [6, 6.07) is 111. The molecular formula is C91H59Br5N10. The van der Waals surface area contributed by atoms with Crippen molar-refractivity contribution in [1.29, 1.82) is 0 Å². The summed E-state index contributed by atoms with van der Waals surface area (Å²) < 4.78 is 16.3. The second-order valence-corrected chi connectivity index (χ2v) is 29.4. The molecule has 21 aromatic rings. The summed E-state index contributed by atoms with van der Waals surface area (Å²) in [5.41, 5.74) is 20.4. The highest BCUT2D eigenvalue weighted by atomic mass is 79.9. The van der Waals surface area contributed by atoms with E-state index >= 15 is 0 Å². The molecule has 106 heavy (non-hydrogen) atoms. The predicted octanol–water partition coefficient (Wildman–Crippen LogP) is 26.4. The van der Waals surface area contributed by atoms with Crippen molar-refractivity contribution in [1.82, 2.24) is 47.8 Å². The van der Waals surface area contributed by atoms with Gasteiger partial charge in [-0.1, -0.05) is 214 Å². The number of pyridine rings is 5. The highest BCUT2D eigenvalue weighted by Crippen LogP contribution is 2.40. The van der Waals surface area contributed by atoms with E-state index in [1.165, 1.54) is 81.7 Å². The first kappa shape index (κ1) is 67.7. The smallest absolute Gasteiger partial charge is 0.145 e. The van der Waals surface area contributed by atoms with Gasteiger partial charge in [0.25, 0.3) is 0 Å². The number of benzene rings is 11. The van der Waals surface area contributed by atoms with Gasteiger partial charge in [-0.15, -0.1) is 0 Å². The minimum absolute atomic E-state index is 0.870. The van der Waals surface area contributed by atoms with Crippen LogP contribution in [0.25, 0.3) is 149 Å². The van der Waals surface area contributed by atoms with E-state index in [1.807, 2.05) is 97.8 Å². The van der Waals surface area contributed by atoms with Gasteiger partial charge in [0.15, 0.2) is 0 Å². The Kier molecular flexibility index (Phi) is 19.1. The molecule has 10 heterocycles. The maximum Gasteiger partial charge on any atom is 0.145 e. The van der Waals surface area contributed by atoms with Gasteiger partial charge < -0.3 is 13.7 Å². The number of hydrogen-bond donors (Lipinski definition) is 0. The summed E-state index contributed by atoms with van der Waals surface area (Å²) in [5, 5.41) is 10.8. The fourth-order valence-electron chi connectivity index (χ4n) is 14.3. The first-order valence-electron chi connectivity index (χ1n) is 34.3. The lowest BCUT2D eigenvalue weighted by Crippen LogP contribution is -1.95. The zero-order valence-electron chi connectivity index (χ0n) is 56.4. The van der Waals surface area contributed by atoms with Gasteiger partial charge in [-0.2, -0.15) is 0 Å². The molecule has 0 spiro atoms. The van der Waals surface area contributed by atoms with E-state index in [9.17, 15) is 0 Å². The fraction of sp³-hybridized carbons (Fsp3) is 0. The molecule has 0 saturated heterocycles. The molecular weight excluding hydrogens is 1630 g/mol. The number of nitrogens with zero attached hydrogens (tertiary/aromatic N) is 10. The number of aromatic nitrogens is 10. The molecule has 0 saturated carbocycles. The van der Waals surface area contributed by atoms with E-state index in [2.05, 4.69) is 388 Å². The van der Waals surface area contributed by atoms with Gasteiger partial charge in [0.05, 0.1) is 54.1 Å². The third-order valence-corrected chi connectivity index (χ3v) is 21.6. The quantitative estimate of drug-likeness (QED) is 0.155. The summed E-state index contributed by atoms with van der Waals surface area (Å²) in [6.07, 6.45) is 11.2. The van der Waals surface area contributed by atoms with Crippen LogP contribution in [-0.2, 0) is 0 Å². The molecule has 0 radical (unpaired) electrons. The molecule has 0 N–H and O–H groups in total. The SMILES string of the molecule is Brc1ccc2c3cccnc3n(-c3ccc(-c4ccccc4)cc3)c2c1.Brc1ccc2c3cccnc3n(-c3ccccc3)c2c1.Brc1ccnc2c3ccccc3n(-c3ccccc3)c12.Brc1cncc2c3ccccc3n(-c3ccccc3)c12.Brc1nccc2c3ccccc3n(-c3ccccc3)c12. The molecule has 10 aromatic heterocycles. The summed E-state index contributed by atoms with van der Waals surface area (Å²) in [5.74, 6) is 0. The molecule has 0 aliphatic carbocycles. The van der Waals surface area contributed by atoms with Crippen LogP contribution in [0.4, 0.5) is 0 Å². The lowest BCUT2D eigenvalue weighted by Gasteiger charge is -2.09. The third kappa shape index (κ3) is 12.9. The van der Waals surface area contributed by atoms with Gasteiger partial charge in [-0.05, 0) is 198 Å². The second kappa shape index (κ2) is 30.0. The molecule has 0 amide bonds. The Morgan fingerprint density at radius 1 is 0.226 bits per heavy atom. The van der Waals surface area contributed by atoms with Gasteiger partial charge in [0, 0.05) is 128 Å². The summed E-state index contributed by atoms with van der Waals surface area (Å²) >= 11 is 18.1. The van der Waals surface area contributed by atoms with Gasteiger partial charge in [-0.25, -0.2) is 15.0 Å². The van der Waals surface area contributed by atoms with Gasteiger partial charge in [-0.3, -0.25) is 19.1 Å². The van der Waals surface area contributed by atoms with Gasteiger partial charge in [0.1, 0.15) is 15.9 Å². The standard InChI is InChI=1S/C23H15BrN2.4C17H11BrN2/c24-18-10-13-20-21-7-4-14-25-23(21)26(22(20)15-18)19-11-8-17(9-12-19)16-5-2-1-3-6-16;18-15-11-19-10-14-13-8-4-5-9-16(13)20(17(14)15)12-6-2-1-3-7-12;18-14-10-11-19-16-13-8-4-5-9-15(13)20(17(14)16)12-6-2-1-3-7-12;18-17-16-14(10-11-19-17)13-8-4-5-9-15(13)20(16)12-6-2-1-3-7-12;18-12-8-9-14-15-7-4-10-19-17(15)20(16(14)11-12)13-5-2-1-3-6-13/h1-15H;4*1-11H. The van der Waals surface area contributed by atoms with E-state index in [0.29, 0.717) is 0 Å². The first-order valence-corrected chi connectivity index (χ1v) is 38.3. The Bertz CT molecular complexity index is 6390. The van der Waals surface area contributed by atoms with E-state index in [-0.39, 0.29) is 0 Å². The highest BCUT2D eigenvalue weighted by molar-refractivity contribution is 9.11. The normalized spacial score (nSPS) is 11.3. The monoisotopic (exact) mass is 1690 g/mol. The number of para-hydroxylation sites is 7. The van der Waals surface area contributed by atoms with Crippen molar-refractivity contribution < 1.29 is 0 Å². The Morgan fingerprint density at radius 3 is 1.15 bits per heavy atom. The average molecular weight is 1690 g/mol. The zero-order valence-corrected chi connectivity index (χ0v) is 64.4. The van der Waals surface area contributed by atoms with Crippen LogP contribution in [0.5, 0.6) is 0 Å². The minimum Gasteiger partial charge on any atom is -0.308 e. The van der Waals surface area contributed by atoms with Crippen LogP contribution in [0.2, 0.25) is 0 Å². The Balaban J connectivity index is 0.0000000979. The van der Waals surface area contributed by atoms with Crippen molar-refractivity contribution >= 4 is 189 Å². The van der Waals surface area contributed by atoms with Crippen LogP contribution >= 0.6 is 79.6 Å². The Hall–Kier alpha value is -11.4. The molecule has 0 fully saturated rings. The van der Waals surface area contributed by atoms with E-state index in [0.717, 1.165) is 89.8 Å². The molecule has 0 unspecified atom stereocenters. The topological polar surface area (TPSA) is 89.1 Å². The van der Waals surface area contributed by atoms with E-state index in [1.54, 1.807) is 0 Å². The lowest BCUT2D eigenvalue weighted by molar-refractivity contribution is 1.13. The number of hydrogen-bond acceptors (Lipinski definition) is 5. The molecule has 508 valence electrons. The number of rotatable bonds is 6. The minimum atomic E-state index is 0.870. The van der Waals surface area contributed by atoms with Crippen LogP contribution in [0, 0.1) is 0 Å². The Labute approximate surface area is 651 Å². The molecule has 11 aromatic carbocycles. The van der Waals surface area contributed by atoms with Crippen LogP contribution in [0.1, 0.15) is 0 Å². The van der Waals surface area contributed by atoms with Crippen molar-refractivity contribution in [3.05, 3.63) is 381 Å². The molecule has 0 aliphatic heterocycles. The van der Waals surface area contributed by atoms with Crippen molar-refractivity contribution in [2.45, 2.75) is 0 Å². The lowest BCUT2D eigenvalue weighted by atomic mass is 10.1. The number of fused-ring (bicyclic) bond motifs is 15. The highest BCUT2D eigenvalue weighted by Gasteiger charge is 2.20. The Morgan fingerprint density at radius 2 is 0.623 bits per heavy atom. The third-order valence-electron chi connectivity index (χ3n) is 18.8. The van der Waals surface area contributed by atoms with Gasteiger partial charge in [0.2, 0.25) is 0 Å². The summed E-state index contributed by atoms with van der Waals surface area (Å²) in [4.78, 5) is 22.5. The van der Waals surface area contributed by atoms with Crippen LogP contribution in [0.15, 0.2) is 381 Å². The largest absolute Gasteiger partial charge is 0.308 e. The van der Waals surface area contributed by atoms with E-state index < -0.39 is 0 Å². The van der Waals surface area contributed by atoms with Gasteiger partial charge >= 0.3 is 0 Å². The molecule has 10 nitrogen and oxygen atoms in total. The van der Waals surface area contributed by atoms with Crippen molar-refractivity contribution in [3.63, 3.8) is 0 Å². The maximum absolute atomic E-state index is 4.65. The van der Waals surface area contributed by atoms with Crippen LogP contribution in [-0.4, -0.2) is 47.8 Å². The number of halogens is 5. The van der Waals surface area contributed by atoms with Crippen LogP contribution in [0.3, 0.4) is 0 Å². The van der Waals surface area contributed by atoms with Crippen molar-refractivity contribution in [2.24, 2.45) is 0 Å². The van der Waals surface area contributed by atoms with Crippen LogP contribution < -0.4 is 0 Å².